The van der Waals surface area contributed by atoms with Crippen molar-refractivity contribution in [2.24, 2.45) is 23.7 Å². The van der Waals surface area contributed by atoms with Crippen LogP contribution in [0.2, 0.25) is 0 Å². The Labute approximate surface area is 127 Å². The van der Waals surface area contributed by atoms with Crippen molar-refractivity contribution in [1.29, 1.82) is 0 Å². The van der Waals surface area contributed by atoms with Crippen LogP contribution in [0.1, 0.15) is 58.7 Å². The quantitative estimate of drug-likeness (QED) is 0.898. The predicted molar refractivity (Wildman–Crippen MR) is 83.1 cm³/mol. The lowest BCUT2D eigenvalue weighted by molar-refractivity contribution is -0.145. The number of aromatic nitrogens is 2. The van der Waals surface area contributed by atoms with Crippen molar-refractivity contribution < 1.29 is 9.90 Å². The van der Waals surface area contributed by atoms with E-state index < -0.39 is 5.97 Å². The Balaban J connectivity index is 2.09. The number of carboxylic acids is 1. The van der Waals surface area contributed by atoms with Crippen LogP contribution in [0, 0.1) is 23.7 Å². The van der Waals surface area contributed by atoms with E-state index in [1.165, 1.54) is 0 Å². The molecule has 21 heavy (non-hydrogen) atoms. The van der Waals surface area contributed by atoms with E-state index in [1.54, 1.807) is 0 Å². The maximum absolute atomic E-state index is 11.5. The third-order valence-corrected chi connectivity index (χ3v) is 4.95. The number of nitrogens with zero attached hydrogens (tertiary/aromatic N) is 2. The molecule has 0 bridgehead atoms. The van der Waals surface area contributed by atoms with E-state index in [0.29, 0.717) is 17.9 Å². The van der Waals surface area contributed by atoms with Gasteiger partial charge < -0.3 is 5.11 Å². The molecule has 118 valence electrons. The minimum atomic E-state index is -0.634. The first-order valence-electron chi connectivity index (χ1n) is 8.15. The van der Waals surface area contributed by atoms with Crippen LogP contribution >= 0.6 is 0 Å². The summed E-state index contributed by atoms with van der Waals surface area (Å²) in [6.45, 7) is 8.70. The van der Waals surface area contributed by atoms with E-state index >= 15 is 0 Å². The molecule has 1 aliphatic rings. The standard InChI is InChI=1S/C17H28N2O2/c1-11(2)13-5-6-16(17(20)21)14(9-13)10-15-7-8-19(18-15)12(3)4/h7-8,11-14,16H,5-6,9-10H2,1-4H3,(H,20,21). The van der Waals surface area contributed by atoms with Gasteiger partial charge in [-0.3, -0.25) is 9.48 Å². The number of carboxylic acid groups (broad SMARTS) is 1. The summed E-state index contributed by atoms with van der Waals surface area (Å²) in [5.41, 5.74) is 1.03. The second-order valence-corrected chi connectivity index (χ2v) is 7.11. The van der Waals surface area contributed by atoms with Crippen molar-refractivity contribution in [3.8, 4) is 0 Å². The van der Waals surface area contributed by atoms with Crippen molar-refractivity contribution >= 4 is 5.97 Å². The summed E-state index contributed by atoms with van der Waals surface area (Å²) >= 11 is 0. The van der Waals surface area contributed by atoms with E-state index in [2.05, 4.69) is 32.8 Å². The van der Waals surface area contributed by atoms with E-state index in [-0.39, 0.29) is 11.8 Å². The Hall–Kier alpha value is -1.32. The van der Waals surface area contributed by atoms with Crippen molar-refractivity contribution in [2.75, 3.05) is 0 Å². The van der Waals surface area contributed by atoms with E-state index in [0.717, 1.165) is 31.4 Å². The van der Waals surface area contributed by atoms with E-state index in [4.69, 9.17) is 0 Å². The molecule has 0 radical (unpaired) electrons. The van der Waals surface area contributed by atoms with Crippen molar-refractivity contribution in [1.82, 2.24) is 9.78 Å². The summed E-state index contributed by atoms with van der Waals surface area (Å²) in [4.78, 5) is 11.5. The third-order valence-electron chi connectivity index (χ3n) is 4.95. The minimum Gasteiger partial charge on any atom is -0.481 e. The zero-order valence-corrected chi connectivity index (χ0v) is 13.6. The molecule has 1 heterocycles. The van der Waals surface area contributed by atoms with Gasteiger partial charge in [0, 0.05) is 12.2 Å². The molecule has 4 heteroatoms. The highest BCUT2D eigenvalue weighted by molar-refractivity contribution is 5.70. The summed E-state index contributed by atoms with van der Waals surface area (Å²) in [7, 11) is 0. The summed E-state index contributed by atoms with van der Waals surface area (Å²) in [5, 5.41) is 14.1. The molecule has 0 aliphatic heterocycles. The SMILES string of the molecule is CC(C)C1CCC(C(=O)O)C(Cc2ccn(C(C)C)n2)C1. The van der Waals surface area contributed by atoms with Crippen molar-refractivity contribution in [2.45, 2.75) is 59.4 Å². The van der Waals surface area contributed by atoms with Crippen LogP contribution in [-0.2, 0) is 11.2 Å². The molecule has 0 spiro atoms. The zero-order valence-electron chi connectivity index (χ0n) is 13.6. The van der Waals surface area contributed by atoms with Crippen LogP contribution in [0.25, 0.3) is 0 Å². The lowest BCUT2D eigenvalue weighted by atomic mass is 9.69. The first-order chi connectivity index (χ1) is 9.88. The van der Waals surface area contributed by atoms with Gasteiger partial charge in [-0.05, 0) is 63.4 Å². The monoisotopic (exact) mass is 292 g/mol. The molecule has 3 atom stereocenters. The number of carbonyl (C=O) groups is 1. The van der Waals surface area contributed by atoms with Crippen LogP contribution in [0.3, 0.4) is 0 Å². The Morgan fingerprint density at radius 3 is 2.62 bits per heavy atom. The summed E-state index contributed by atoms with van der Waals surface area (Å²) in [6.07, 6.45) is 5.67. The number of hydrogen-bond acceptors (Lipinski definition) is 2. The van der Waals surface area contributed by atoms with Crippen LogP contribution in [-0.4, -0.2) is 20.9 Å². The fraction of sp³-hybridized carbons (Fsp3) is 0.765. The molecule has 0 amide bonds. The van der Waals surface area contributed by atoms with Gasteiger partial charge in [0.05, 0.1) is 11.6 Å². The Kier molecular flexibility index (Phi) is 5.07. The highest BCUT2D eigenvalue weighted by Gasteiger charge is 2.36. The van der Waals surface area contributed by atoms with E-state index in [9.17, 15) is 9.90 Å². The first kappa shape index (κ1) is 16.1. The highest BCUT2D eigenvalue weighted by Crippen LogP contribution is 2.39. The third kappa shape index (κ3) is 3.86. The van der Waals surface area contributed by atoms with Gasteiger partial charge in [0.25, 0.3) is 0 Å². The van der Waals surface area contributed by atoms with Gasteiger partial charge in [0.15, 0.2) is 0 Å². The molecular formula is C17H28N2O2. The molecule has 3 unspecified atom stereocenters. The Morgan fingerprint density at radius 1 is 1.38 bits per heavy atom. The maximum atomic E-state index is 11.5. The molecule has 1 aromatic rings. The maximum Gasteiger partial charge on any atom is 0.306 e. The lowest BCUT2D eigenvalue weighted by Crippen LogP contribution is -2.33. The molecule has 0 saturated heterocycles. The summed E-state index contributed by atoms with van der Waals surface area (Å²) < 4.78 is 1.95. The average Bonchev–Trinajstić information content (AvgIpc) is 2.87. The zero-order chi connectivity index (χ0) is 15.6. The fourth-order valence-corrected chi connectivity index (χ4v) is 3.50. The molecule has 4 nitrogen and oxygen atoms in total. The number of hydrogen-bond donors (Lipinski definition) is 1. The highest BCUT2D eigenvalue weighted by atomic mass is 16.4. The van der Waals surface area contributed by atoms with Crippen LogP contribution in [0.15, 0.2) is 12.3 Å². The topological polar surface area (TPSA) is 55.1 Å². The minimum absolute atomic E-state index is 0.204. The molecule has 0 aromatic carbocycles. The fourth-order valence-electron chi connectivity index (χ4n) is 3.50. The lowest BCUT2D eigenvalue weighted by Gasteiger charge is -2.35. The molecular weight excluding hydrogens is 264 g/mol. The van der Waals surface area contributed by atoms with Gasteiger partial charge in [-0.2, -0.15) is 5.10 Å². The predicted octanol–water partition coefficient (Wildman–Crippen LogP) is 3.78. The molecule has 1 N–H and O–H groups in total. The Morgan fingerprint density at radius 2 is 2.10 bits per heavy atom. The molecule has 2 rings (SSSR count). The molecule has 1 aromatic heterocycles. The second-order valence-electron chi connectivity index (χ2n) is 7.11. The molecule has 1 saturated carbocycles. The van der Waals surface area contributed by atoms with Gasteiger partial charge in [-0.1, -0.05) is 13.8 Å². The Bertz CT molecular complexity index is 479. The van der Waals surface area contributed by atoms with Gasteiger partial charge in [0.1, 0.15) is 0 Å². The molecule has 1 aliphatic carbocycles. The summed E-state index contributed by atoms with van der Waals surface area (Å²) in [6, 6.07) is 2.39. The van der Waals surface area contributed by atoms with E-state index in [1.807, 2.05) is 16.9 Å². The van der Waals surface area contributed by atoms with Gasteiger partial charge in [-0.25, -0.2) is 0 Å². The second kappa shape index (κ2) is 6.63. The summed E-state index contributed by atoms with van der Waals surface area (Å²) in [5.74, 6) is 0.669. The van der Waals surface area contributed by atoms with Crippen LogP contribution in [0.5, 0.6) is 0 Å². The van der Waals surface area contributed by atoms with Gasteiger partial charge in [-0.15, -0.1) is 0 Å². The molecule has 1 fully saturated rings. The van der Waals surface area contributed by atoms with Gasteiger partial charge >= 0.3 is 5.97 Å². The van der Waals surface area contributed by atoms with Crippen LogP contribution < -0.4 is 0 Å². The smallest absolute Gasteiger partial charge is 0.306 e. The first-order valence-corrected chi connectivity index (χ1v) is 8.15. The van der Waals surface area contributed by atoms with Crippen molar-refractivity contribution in [3.05, 3.63) is 18.0 Å². The average molecular weight is 292 g/mol. The normalized spacial score (nSPS) is 26.5. The number of rotatable bonds is 5. The largest absolute Gasteiger partial charge is 0.481 e. The van der Waals surface area contributed by atoms with Crippen LogP contribution in [0.4, 0.5) is 0 Å². The van der Waals surface area contributed by atoms with Gasteiger partial charge in [0.2, 0.25) is 0 Å². The number of aliphatic carboxylic acids is 1. The van der Waals surface area contributed by atoms with Crippen molar-refractivity contribution in [3.63, 3.8) is 0 Å².